The molecule has 1 heterocycles. The number of thiazole rings is 1. The van der Waals surface area contributed by atoms with Crippen LogP contribution in [0.25, 0.3) is 0 Å². The topological polar surface area (TPSA) is 33.2 Å². The van der Waals surface area contributed by atoms with Gasteiger partial charge in [0.1, 0.15) is 0 Å². The van der Waals surface area contributed by atoms with E-state index in [0.717, 1.165) is 10.8 Å². The molecule has 0 bridgehead atoms. The van der Waals surface area contributed by atoms with Crippen LogP contribution in [-0.4, -0.2) is 17.9 Å². The molecule has 0 fully saturated rings. The lowest BCUT2D eigenvalue weighted by Crippen LogP contribution is -2.22. The van der Waals surface area contributed by atoms with Crippen molar-refractivity contribution in [1.29, 1.82) is 0 Å². The Hall–Kier alpha value is -0.900. The smallest absolute Gasteiger partial charge is 0.225 e. The molecule has 1 aromatic rings. The van der Waals surface area contributed by atoms with Gasteiger partial charge in [0.2, 0.25) is 5.91 Å². The lowest BCUT2D eigenvalue weighted by molar-refractivity contribution is -0.116. The minimum atomic E-state index is 0.0133. The highest BCUT2D eigenvalue weighted by atomic mass is 32.1. The minimum Gasteiger partial charge on any atom is -0.292 e. The fourth-order valence-electron chi connectivity index (χ4n) is 0.630. The summed E-state index contributed by atoms with van der Waals surface area (Å²) < 4.78 is 0. The lowest BCUT2D eigenvalue weighted by atomic mass is 10.6. The Balaban J connectivity index is 2.84. The number of anilines is 1. The molecule has 1 amide bonds. The highest BCUT2D eigenvalue weighted by Gasteiger charge is 2.07. The number of rotatable bonds is 1. The Morgan fingerprint density at radius 2 is 2.36 bits per heavy atom. The van der Waals surface area contributed by atoms with Crippen LogP contribution < -0.4 is 4.90 Å². The van der Waals surface area contributed by atoms with E-state index in [1.807, 2.05) is 12.3 Å². The normalized spacial score (nSPS) is 9.73. The fourth-order valence-corrected chi connectivity index (χ4v) is 1.44. The molecule has 3 nitrogen and oxygen atoms in total. The molecule has 0 aromatic carbocycles. The molecule has 0 atom stereocenters. The largest absolute Gasteiger partial charge is 0.292 e. The maximum absolute atomic E-state index is 10.8. The van der Waals surface area contributed by atoms with Crippen LogP contribution in [0.1, 0.15) is 12.6 Å². The Bertz CT molecular complexity index is 269. The molecular formula is C7H10N2OS. The number of hydrogen-bond acceptors (Lipinski definition) is 3. The molecule has 60 valence electrons. The summed E-state index contributed by atoms with van der Waals surface area (Å²) in [4.78, 5) is 16.5. The van der Waals surface area contributed by atoms with Crippen LogP contribution in [0.5, 0.6) is 0 Å². The van der Waals surface area contributed by atoms with E-state index in [1.54, 1.807) is 7.05 Å². The summed E-state index contributed by atoms with van der Waals surface area (Å²) in [6.45, 7) is 3.44. The lowest BCUT2D eigenvalue weighted by Gasteiger charge is -2.09. The van der Waals surface area contributed by atoms with Crippen molar-refractivity contribution in [3.05, 3.63) is 11.1 Å². The first kappa shape index (κ1) is 8.20. The Morgan fingerprint density at radius 3 is 2.73 bits per heavy atom. The second-order valence-corrected chi connectivity index (χ2v) is 3.19. The number of hydrogen-bond donors (Lipinski definition) is 0. The van der Waals surface area contributed by atoms with Gasteiger partial charge in [-0.25, -0.2) is 4.98 Å². The SMILES string of the molecule is CC(=O)N(C)c1nc(C)cs1. The summed E-state index contributed by atoms with van der Waals surface area (Å²) in [5, 5.41) is 2.68. The van der Waals surface area contributed by atoms with Gasteiger partial charge in [0.05, 0.1) is 5.69 Å². The molecule has 0 radical (unpaired) electrons. The number of aromatic nitrogens is 1. The van der Waals surface area contributed by atoms with E-state index in [1.165, 1.54) is 23.2 Å². The van der Waals surface area contributed by atoms with Crippen molar-refractivity contribution in [3.8, 4) is 0 Å². The molecular weight excluding hydrogens is 160 g/mol. The molecule has 0 saturated carbocycles. The van der Waals surface area contributed by atoms with Crippen LogP contribution in [0.15, 0.2) is 5.38 Å². The maximum Gasteiger partial charge on any atom is 0.225 e. The van der Waals surface area contributed by atoms with Crippen LogP contribution in [0.3, 0.4) is 0 Å². The Kier molecular flexibility index (Phi) is 2.24. The standard InChI is InChI=1S/C7H10N2OS/c1-5-4-11-7(8-5)9(3)6(2)10/h4H,1-3H3. The highest BCUT2D eigenvalue weighted by Crippen LogP contribution is 2.18. The van der Waals surface area contributed by atoms with Crippen LogP contribution in [0.2, 0.25) is 0 Å². The quantitative estimate of drug-likeness (QED) is 0.639. The molecule has 1 rings (SSSR count). The van der Waals surface area contributed by atoms with E-state index < -0.39 is 0 Å². The molecule has 4 heteroatoms. The van der Waals surface area contributed by atoms with Crippen LogP contribution in [-0.2, 0) is 4.79 Å². The zero-order valence-corrected chi connectivity index (χ0v) is 7.60. The van der Waals surface area contributed by atoms with Gasteiger partial charge in [-0.1, -0.05) is 0 Å². The monoisotopic (exact) mass is 170 g/mol. The van der Waals surface area contributed by atoms with E-state index in [2.05, 4.69) is 4.98 Å². The number of amides is 1. The molecule has 0 N–H and O–H groups in total. The summed E-state index contributed by atoms with van der Waals surface area (Å²) >= 11 is 1.48. The van der Waals surface area contributed by atoms with Crippen molar-refractivity contribution in [2.75, 3.05) is 11.9 Å². The van der Waals surface area contributed by atoms with Gasteiger partial charge >= 0.3 is 0 Å². The molecule has 0 aliphatic carbocycles. The third kappa shape index (κ3) is 1.77. The molecule has 11 heavy (non-hydrogen) atoms. The first-order valence-corrected chi connectivity index (χ1v) is 4.15. The van der Waals surface area contributed by atoms with Gasteiger partial charge in [0.15, 0.2) is 5.13 Å². The van der Waals surface area contributed by atoms with Crippen LogP contribution in [0.4, 0.5) is 5.13 Å². The third-order valence-corrected chi connectivity index (χ3v) is 2.40. The van der Waals surface area contributed by atoms with Crippen molar-refractivity contribution < 1.29 is 4.79 Å². The van der Waals surface area contributed by atoms with E-state index in [-0.39, 0.29) is 5.91 Å². The number of nitrogens with zero attached hydrogens (tertiary/aromatic N) is 2. The highest BCUT2D eigenvalue weighted by molar-refractivity contribution is 7.14. The predicted molar refractivity (Wildman–Crippen MR) is 45.9 cm³/mol. The molecule has 0 unspecified atom stereocenters. The second-order valence-electron chi connectivity index (χ2n) is 2.35. The average molecular weight is 170 g/mol. The van der Waals surface area contributed by atoms with Crippen LogP contribution in [0, 0.1) is 6.92 Å². The van der Waals surface area contributed by atoms with Crippen LogP contribution >= 0.6 is 11.3 Å². The second kappa shape index (κ2) is 3.00. The number of carbonyl (C=O) groups excluding carboxylic acids is 1. The van der Waals surface area contributed by atoms with Crippen molar-refractivity contribution in [2.24, 2.45) is 0 Å². The van der Waals surface area contributed by atoms with Crippen molar-refractivity contribution in [3.63, 3.8) is 0 Å². The fraction of sp³-hybridized carbons (Fsp3) is 0.429. The first-order chi connectivity index (χ1) is 5.11. The van der Waals surface area contributed by atoms with Gasteiger partial charge in [0.25, 0.3) is 0 Å². The number of carbonyl (C=O) groups is 1. The molecule has 0 saturated heterocycles. The van der Waals surface area contributed by atoms with Gasteiger partial charge in [-0.05, 0) is 6.92 Å². The van der Waals surface area contributed by atoms with E-state index in [0.29, 0.717) is 0 Å². The summed E-state index contributed by atoms with van der Waals surface area (Å²) in [7, 11) is 1.72. The first-order valence-electron chi connectivity index (χ1n) is 3.27. The number of aryl methyl sites for hydroxylation is 1. The van der Waals surface area contributed by atoms with E-state index in [4.69, 9.17) is 0 Å². The van der Waals surface area contributed by atoms with Gasteiger partial charge in [0, 0.05) is 19.4 Å². The van der Waals surface area contributed by atoms with Gasteiger partial charge in [-0.3, -0.25) is 9.69 Å². The Morgan fingerprint density at radius 1 is 1.73 bits per heavy atom. The molecule has 0 spiro atoms. The predicted octanol–water partition coefficient (Wildman–Crippen LogP) is 1.43. The summed E-state index contributed by atoms with van der Waals surface area (Å²) in [5.74, 6) is 0.0133. The zero-order chi connectivity index (χ0) is 8.43. The molecule has 0 aliphatic heterocycles. The maximum atomic E-state index is 10.8. The summed E-state index contributed by atoms with van der Waals surface area (Å²) in [6.07, 6.45) is 0. The third-order valence-electron chi connectivity index (χ3n) is 1.37. The van der Waals surface area contributed by atoms with E-state index in [9.17, 15) is 4.79 Å². The van der Waals surface area contributed by atoms with Crippen molar-refractivity contribution in [2.45, 2.75) is 13.8 Å². The summed E-state index contributed by atoms with van der Waals surface area (Å²) in [6, 6.07) is 0. The molecule has 1 aromatic heterocycles. The van der Waals surface area contributed by atoms with Crippen molar-refractivity contribution >= 4 is 22.4 Å². The average Bonchev–Trinajstić information content (AvgIpc) is 2.34. The van der Waals surface area contributed by atoms with Gasteiger partial charge in [-0.15, -0.1) is 11.3 Å². The van der Waals surface area contributed by atoms with Gasteiger partial charge < -0.3 is 0 Å². The van der Waals surface area contributed by atoms with E-state index >= 15 is 0 Å². The summed E-state index contributed by atoms with van der Waals surface area (Å²) in [5.41, 5.74) is 0.957. The van der Waals surface area contributed by atoms with Crippen molar-refractivity contribution in [1.82, 2.24) is 4.98 Å². The molecule has 0 aliphatic rings. The Labute approximate surface area is 69.7 Å². The zero-order valence-electron chi connectivity index (χ0n) is 6.79. The minimum absolute atomic E-state index is 0.0133. The van der Waals surface area contributed by atoms with Gasteiger partial charge in [-0.2, -0.15) is 0 Å².